The molecule has 3 rings (SSSR count). The Balaban J connectivity index is 2.22. The predicted octanol–water partition coefficient (Wildman–Crippen LogP) is 2.40. The van der Waals surface area contributed by atoms with E-state index in [2.05, 4.69) is 10.1 Å². The topological polar surface area (TPSA) is 67.5 Å². The van der Waals surface area contributed by atoms with Gasteiger partial charge in [0.2, 0.25) is 0 Å². The van der Waals surface area contributed by atoms with E-state index < -0.39 is 5.97 Å². The fraction of sp³-hybridized carbons (Fsp3) is 0.0714. The van der Waals surface area contributed by atoms with E-state index in [0.29, 0.717) is 11.3 Å². The maximum atomic E-state index is 11.1. The van der Waals surface area contributed by atoms with Crippen molar-refractivity contribution in [2.24, 2.45) is 0 Å². The van der Waals surface area contributed by atoms with Crippen molar-refractivity contribution >= 4 is 11.5 Å². The van der Waals surface area contributed by atoms with Crippen molar-refractivity contribution in [3.05, 3.63) is 54.0 Å². The predicted molar refractivity (Wildman–Crippen MR) is 70.1 cm³/mol. The van der Waals surface area contributed by atoms with Crippen LogP contribution < -0.4 is 0 Å². The minimum absolute atomic E-state index is 0.0320. The fourth-order valence-electron chi connectivity index (χ4n) is 2.04. The minimum atomic E-state index is -1.04. The van der Waals surface area contributed by atoms with Crippen molar-refractivity contribution in [3.63, 3.8) is 0 Å². The normalized spacial score (nSPS) is 10.8. The zero-order chi connectivity index (χ0) is 13.4. The Morgan fingerprint density at radius 1 is 1.16 bits per heavy atom. The molecule has 0 spiro atoms. The number of aryl methyl sites for hydroxylation is 1. The molecule has 5 nitrogen and oxygen atoms in total. The number of fused-ring (bicyclic) bond motifs is 1. The molecule has 0 fully saturated rings. The van der Waals surface area contributed by atoms with Crippen LogP contribution in [-0.2, 0) is 0 Å². The summed E-state index contributed by atoms with van der Waals surface area (Å²) in [5.41, 5.74) is 2.30. The number of rotatable bonds is 2. The third kappa shape index (κ3) is 1.85. The number of carboxylic acids is 1. The monoisotopic (exact) mass is 253 g/mol. The molecule has 0 radical (unpaired) electrons. The molecule has 0 saturated heterocycles. The first-order valence-corrected chi connectivity index (χ1v) is 5.82. The van der Waals surface area contributed by atoms with Crippen molar-refractivity contribution < 1.29 is 9.90 Å². The van der Waals surface area contributed by atoms with Gasteiger partial charge in [0, 0.05) is 5.56 Å². The van der Waals surface area contributed by atoms with Crippen molar-refractivity contribution in [2.45, 2.75) is 6.92 Å². The molecule has 2 heterocycles. The molecule has 0 amide bonds. The molecule has 1 N–H and O–H groups in total. The zero-order valence-corrected chi connectivity index (χ0v) is 10.2. The number of nitrogens with zero attached hydrogens (tertiary/aromatic N) is 3. The van der Waals surface area contributed by atoms with Gasteiger partial charge in [-0.3, -0.25) is 0 Å². The number of carboxylic acid groups (broad SMARTS) is 1. The zero-order valence-electron chi connectivity index (χ0n) is 10.2. The van der Waals surface area contributed by atoms with E-state index in [9.17, 15) is 4.79 Å². The first kappa shape index (κ1) is 11.4. The van der Waals surface area contributed by atoms with Crippen LogP contribution in [0.5, 0.6) is 0 Å². The number of aromatic nitrogens is 3. The van der Waals surface area contributed by atoms with Crippen molar-refractivity contribution in [3.8, 4) is 11.3 Å². The molecular formula is C14H11N3O2. The van der Waals surface area contributed by atoms with Gasteiger partial charge in [-0.2, -0.15) is 5.10 Å². The lowest BCUT2D eigenvalue weighted by molar-refractivity contribution is 0.0693. The van der Waals surface area contributed by atoms with Gasteiger partial charge in [-0.1, -0.05) is 30.3 Å². The lowest BCUT2D eigenvalue weighted by Gasteiger charge is -2.02. The van der Waals surface area contributed by atoms with Crippen molar-refractivity contribution in [1.82, 2.24) is 14.6 Å². The van der Waals surface area contributed by atoms with Gasteiger partial charge >= 0.3 is 5.97 Å². The highest BCUT2D eigenvalue weighted by molar-refractivity contribution is 5.93. The minimum Gasteiger partial charge on any atom is -0.476 e. The average Bonchev–Trinajstić information content (AvgIpc) is 2.77. The molecule has 19 heavy (non-hydrogen) atoms. The molecule has 3 aromatic rings. The van der Waals surface area contributed by atoms with Crippen LogP contribution in [0.2, 0.25) is 0 Å². The molecule has 0 aliphatic heterocycles. The summed E-state index contributed by atoms with van der Waals surface area (Å²) in [5, 5.41) is 13.5. The van der Waals surface area contributed by atoms with Gasteiger partial charge in [0.15, 0.2) is 5.69 Å². The van der Waals surface area contributed by atoms with Crippen LogP contribution in [-0.4, -0.2) is 25.7 Å². The van der Waals surface area contributed by atoms with Crippen LogP contribution in [0.1, 0.15) is 16.3 Å². The fourth-order valence-corrected chi connectivity index (χ4v) is 2.04. The number of benzene rings is 1. The molecule has 0 bridgehead atoms. The van der Waals surface area contributed by atoms with Crippen LogP contribution in [0.15, 0.2) is 42.5 Å². The number of hydrogen-bond acceptors (Lipinski definition) is 3. The lowest BCUT2D eigenvalue weighted by Crippen LogP contribution is -1.99. The maximum Gasteiger partial charge on any atom is 0.356 e. The lowest BCUT2D eigenvalue weighted by atomic mass is 10.1. The summed E-state index contributed by atoms with van der Waals surface area (Å²) in [6.07, 6.45) is 0. The Hall–Kier alpha value is -2.69. The highest BCUT2D eigenvalue weighted by Gasteiger charge is 2.15. The standard InChI is InChI=1S/C14H11N3O2/c1-9-15-13(14(18)19)12-8-7-11(16-17(9)12)10-5-3-2-4-6-10/h2-8H,1H3,(H,18,19). The van der Waals surface area contributed by atoms with E-state index in [1.165, 1.54) is 0 Å². The summed E-state index contributed by atoms with van der Waals surface area (Å²) >= 11 is 0. The number of imidazole rings is 1. The van der Waals surface area contributed by atoms with Crippen molar-refractivity contribution in [2.75, 3.05) is 0 Å². The van der Waals surface area contributed by atoms with E-state index in [1.807, 2.05) is 30.3 Å². The molecular weight excluding hydrogens is 242 g/mol. The van der Waals surface area contributed by atoms with Gasteiger partial charge in [0.25, 0.3) is 0 Å². The van der Waals surface area contributed by atoms with Gasteiger partial charge in [0.1, 0.15) is 5.82 Å². The second-order valence-corrected chi connectivity index (χ2v) is 4.19. The summed E-state index contributed by atoms with van der Waals surface area (Å²) in [6, 6.07) is 13.3. The van der Waals surface area contributed by atoms with Crippen molar-refractivity contribution in [1.29, 1.82) is 0 Å². The van der Waals surface area contributed by atoms with Crippen LogP contribution in [0.3, 0.4) is 0 Å². The Morgan fingerprint density at radius 3 is 2.58 bits per heavy atom. The Kier molecular flexibility index (Phi) is 2.52. The Morgan fingerprint density at radius 2 is 1.89 bits per heavy atom. The molecule has 0 saturated carbocycles. The first-order chi connectivity index (χ1) is 9.16. The Bertz CT molecular complexity index is 763. The van der Waals surface area contributed by atoms with E-state index in [-0.39, 0.29) is 5.69 Å². The molecule has 2 aromatic heterocycles. The summed E-state index contributed by atoms with van der Waals surface area (Å²) < 4.78 is 1.56. The van der Waals surface area contributed by atoms with E-state index >= 15 is 0 Å². The second-order valence-electron chi connectivity index (χ2n) is 4.19. The molecule has 0 atom stereocenters. The maximum absolute atomic E-state index is 11.1. The molecule has 0 aliphatic rings. The average molecular weight is 253 g/mol. The SMILES string of the molecule is Cc1nc(C(=O)O)c2ccc(-c3ccccc3)nn12. The highest BCUT2D eigenvalue weighted by atomic mass is 16.4. The third-order valence-electron chi connectivity index (χ3n) is 2.93. The number of aromatic carboxylic acids is 1. The molecule has 94 valence electrons. The number of carbonyl (C=O) groups is 1. The highest BCUT2D eigenvalue weighted by Crippen LogP contribution is 2.19. The largest absolute Gasteiger partial charge is 0.476 e. The van der Waals surface area contributed by atoms with Gasteiger partial charge in [-0.25, -0.2) is 14.3 Å². The Labute approximate surface area is 109 Å². The van der Waals surface area contributed by atoms with Crippen LogP contribution in [0.25, 0.3) is 16.8 Å². The second kappa shape index (κ2) is 4.20. The first-order valence-electron chi connectivity index (χ1n) is 5.82. The molecule has 0 unspecified atom stereocenters. The van der Waals surface area contributed by atoms with Crippen LogP contribution in [0, 0.1) is 6.92 Å². The van der Waals surface area contributed by atoms with E-state index in [1.54, 1.807) is 23.6 Å². The summed E-state index contributed by atoms with van der Waals surface area (Å²) in [6.45, 7) is 1.74. The molecule has 1 aromatic carbocycles. The summed E-state index contributed by atoms with van der Waals surface area (Å²) in [5.74, 6) is -0.481. The van der Waals surface area contributed by atoms with E-state index in [4.69, 9.17) is 5.11 Å². The molecule has 0 aliphatic carbocycles. The van der Waals surface area contributed by atoms with Crippen LogP contribution in [0.4, 0.5) is 0 Å². The summed E-state index contributed by atoms with van der Waals surface area (Å²) in [7, 11) is 0. The molecule has 5 heteroatoms. The van der Waals surface area contributed by atoms with Gasteiger partial charge < -0.3 is 5.11 Å². The number of hydrogen-bond donors (Lipinski definition) is 1. The van der Waals surface area contributed by atoms with Gasteiger partial charge in [-0.15, -0.1) is 0 Å². The smallest absolute Gasteiger partial charge is 0.356 e. The van der Waals surface area contributed by atoms with Gasteiger partial charge in [-0.05, 0) is 19.1 Å². The van der Waals surface area contributed by atoms with Crippen LogP contribution >= 0.6 is 0 Å². The summed E-state index contributed by atoms with van der Waals surface area (Å²) in [4.78, 5) is 15.1. The van der Waals surface area contributed by atoms with Gasteiger partial charge in [0.05, 0.1) is 11.2 Å². The van der Waals surface area contributed by atoms with E-state index in [0.717, 1.165) is 11.3 Å². The quantitative estimate of drug-likeness (QED) is 0.761. The third-order valence-corrected chi connectivity index (χ3v) is 2.93.